The van der Waals surface area contributed by atoms with Gasteiger partial charge in [0.15, 0.2) is 6.10 Å². The monoisotopic (exact) mass is 347 g/mol. The Morgan fingerprint density at radius 1 is 1.20 bits per heavy atom. The van der Waals surface area contributed by atoms with Crippen molar-refractivity contribution in [2.75, 3.05) is 6.61 Å². The molecule has 7 nitrogen and oxygen atoms in total. The maximum absolute atomic E-state index is 12.6. The molecule has 0 bridgehead atoms. The summed E-state index contributed by atoms with van der Waals surface area (Å²) in [7, 11) is 0. The van der Waals surface area contributed by atoms with Crippen molar-refractivity contribution in [1.29, 1.82) is 0 Å². The Kier molecular flexibility index (Phi) is 5.46. The molecule has 0 aromatic carbocycles. The number of rotatable bonds is 6. The van der Waals surface area contributed by atoms with Crippen molar-refractivity contribution in [3.63, 3.8) is 0 Å². The normalized spacial score (nSPS) is 11.9. The van der Waals surface area contributed by atoms with E-state index in [4.69, 9.17) is 13.9 Å². The first-order valence-electron chi connectivity index (χ1n) is 7.93. The maximum Gasteiger partial charge on any atom is 0.342 e. The van der Waals surface area contributed by atoms with Crippen LogP contribution in [-0.4, -0.2) is 35.4 Å². The number of ketones is 1. The highest BCUT2D eigenvalue weighted by atomic mass is 16.5. The van der Waals surface area contributed by atoms with Crippen LogP contribution in [0.3, 0.4) is 0 Å². The fourth-order valence-corrected chi connectivity index (χ4v) is 2.58. The molecule has 1 N–H and O–H groups in total. The highest BCUT2D eigenvalue weighted by Crippen LogP contribution is 2.21. The molecule has 0 unspecified atom stereocenters. The molecule has 0 aliphatic heterocycles. The highest BCUT2D eigenvalue weighted by Gasteiger charge is 2.28. The number of aromatic nitrogens is 1. The fraction of sp³-hybridized carbons (Fsp3) is 0.389. The SMILES string of the molecule is CCOC(=O)c1c(C)[nH]c(C(=O)[C@@H](C)OC(=O)c2ccoc2C)c1C. The molecule has 0 saturated heterocycles. The molecule has 1 atom stereocenters. The number of furan rings is 1. The molecule has 0 spiro atoms. The molecular formula is C18H21NO6. The lowest BCUT2D eigenvalue weighted by molar-refractivity contribution is 0.0315. The van der Waals surface area contributed by atoms with Crippen molar-refractivity contribution in [2.45, 2.75) is 40.7 Å². The van der Waals surface area contributed by atoms with E-state index in [-0.39, 0.29) is 17.9 Å². The number of carbonyl (C=O) groups excluding carboxylic acids is 3. The van der Waals surface area contributed by atoms with Crippen LogP contribution in [0.25, 0.3) is 0 Å². The summed E-state index contributed by atoms with van der Waals surface area (Å²) in [6, 6.07) is 1.48. The third kappa shape index (κ3) is 3.65. The lowest BCUT2D eigenvalue weighted by Crippen LogP contribution is -2.25. The highest BCUT2D eigenvalue weighted by molar-refractivity contribution is 6.04. The van der Waals surface area contributed by atoms with Gasteiger partial charge in [-0.05, 0) is 46.2 Å². The minimum Gasteiger partial charge on any atom is -0.469 e. The van der Waals surface area contributed by atoms with Gasteiger partial charge in [0.1, 0.15) is 11.3 Å². The van der Waals surface area contributed by atoms with Gasteiger partial charge in [0.25, 0.3) is 0 Å². The Labute approximate surface area is 145 Å². The number of nitrogens with one attached hydrogen (secondary N) is 1. The van der Waals surface area contributed by atoms with Gasteiger partial charge in [-0.25, -0.2) is 9.59 Å². The van der Waals surface area contributed by atoms with E-state index in [9.17, 15) is 14.4 Å². The second kappa shape index (κ2) is 7.38. The zero-order valence-corrected chi connectivity index (χ0v) is 14.9. The second-order valence-corrected chi connectivity index (χ2v) is 5.65. The summed E-state index contributed by atoms with van der Waals surface area (Å²) in [5, 5.41) is 0. The molecule has 25 heavy (non-hydrogen) atoms. The molecule has 0 amide bonds. The standard InChI is InChI=1S/C18H21NO6/c1-6-23-18(22)14-9(2)15(19-10(14)3)16(20)12(5)25-17(21)13-7-8-24-11(13)4/h7-8,12,19H,6H2,1-5H3/t12-/m1/s1. The average molecular weight is 347 g/mol. The summed E-state index contributed by atoms with van der Waals surface area (Å²) in [6.07, 6.45) is 0.358. The first-order valence-corrected chi connectivity index (χ1v) is 7.93. The van der Waals surface area contributed by atoms with Gasteiger partial charge in [0.05, 0.1) is 24.1 Å². The second-order valence-electron chi connectivity index (χ2n) is 5.65. The molecular weight excluding hydrogens is 326 g/mol. The summed E-state index contributed by atoms with van der Waals surface area (Å²) in [6.45, 7) is 8.40. The number of hydrogen-bond acceptors (Lipinski definition) is 6. The van der Waals surface area contributed by atoms with E-state index < -0.39 is 23.8 Å². The predicted molar refractivity (Wildman–Crippen MR) is 88.9 cm³/mol. The average Bonchev–Trinajstić information content (AvgIpc) is 3.10. The zero-order valence-electron chi connectivity index (χ0n) is 14.9. The van der Waals surface area contributed by atoms with E-state index in [0.29, 0.717) is 22.6 Å². The summed E-state index contributed by atoms with van der Waals surface area (Å²) in [5.41, 5.74) is 1.83. The summed E-state index contributed by atoms with van der Waals surface area (Å²) < 4.78 is 15.3. The number of carbonyl (C=O) groups is 3. The van der Waals surface area contributed by atoms with E-state index in [2.05, 4.69) is 4.98 Å². The molecule has 0 radical (unpaired) electrons. The van der Waals surface area contributed by atoms with Gasteiger partial charge < -0.3 is 18.9 Å². The van der Waals surface area contributed by atoms with Gasteiger partial charge in [-0.1, -0.05) is 0 Å². The Morgan fingerprint density at radius 3 is 2.44 bits per heavy atom. The number of esters is 2. The van der Waals surface area contributed by atoms with Crippen LogP contribution in [0.1, 0.15) is 62.1 Å². The predicted octanol–water partition coefficient (Wildman–Crippen LogP) is 3.14. The molecule has 134 valence electrons. The summed E-state index contributed by atoms with van der Waals surface area (Å²) in [5.74, 6) is -1.14. The molecule has 2 rings (SSSR count). The first-order chi connectivity index (χ1) is 11.8. The number of H-pyrrole nitrogens is 1. The molecule has 7 heteroatoms. The molecule has 0 fully saturated rings. The van der Waals surface area contributed by atoms with Gasteiger partial charge >= 0.3 is 11.9 Å². The van der Waals surface area contributed by atoms with Gasteiger partial charge in [-0.3, -0.25) is 4.79 Å². The quantitative estimate of drug-likeness (QED) is 0.637. The zero-order chi connectivity index (χ0) is 18.7. The van der Waals surface area contributed by atoms with Gasteiger partial charge in [-0.15, -0.1) is 0 Å². The van der Waals surface area contributed by atoms with E-state index in [0.717, 1.165) is 0 Å². The van der Waals surface area contributed by atoms with E-state index in [1.165, 1.54) is 19.3 Å². The third-order valence-electron chi connectivity index (χ3n) is 3.90. The third-order valence-corrected chi connectivity index (χ3v) is 3.90. The van der Waals surface area contributed by atoms with Crippen molar-refractivity contribution in [1.82, 2.24) is 4.98 Å². The van der Waals surface area contributed by atoms with Gasteiger partial charge in [0, 0.05) is 5.69 Å². The molecule has 0 aliphatic carbocycles. The smallest absolute Gasteiger partial charge is 0.342 e. The Hall–Kier alpha value is -2.83. The number of aromatic amines is 1. The Morgan fingerprint density at radius 2 is 1.88 bits per heavy atom. The van der Waals surface area contributed by atoms with Crippen LogP contribution < -0.4 is 0 Å². The maximum atomic E-state index is 12.6. The van der Waals surface area contributed by atoms with Crippen molar-refractivity contribution < 1.29 is 28.3 Å². The lowest BCUT2D eigenvalue weighted by atomic mass is 10.1. The Balaban J connectivity index is 2.20. The van der Waals surface area contributed by atoms with Gasteiger partial charge in [-0.2, -0.15) is 0 Å². The molecule has 2 heterocycles. The number of ether oxygens (including phenoxy) is 2. The van der Waals surface area contributed by atoms with Crippen LogP contribution >= 0.6 is 0 Å². The fourth-order valence-electron chi connectivity index (χ4n) is 2.58. The molecule has 0 aliphatic rings. The van der Waals surface area contributed by atoms with Crippen LogP contribution in [0.15, 0.2) is 16.7 Å². The summed E-state index contributed by atoms with van der Waals surface area (Å²) in [4.78, 5) is 39.6. The first kappa shape index (κ1) is 18.5. The number of hydrogen-bond donors (Lipinski definition) is 1. The van der Waals surface area contributed by atoms with Gasteiger partial charge in [0.2, 0.25) is 5.78 Å². The van der Waals surface area contributed by atoms with E-state index >= 15 is 0 Å². The van der Waals surface area contributed by atoms with Crippen LogP contribution in [0.4, 0.5) is 0 Å². The number of Topliss-reactive ketones (excluding diaryl/α,β-unsaturated/α-hetero) is 1. The van der Waals surface area contributed by atoms with E-state index in [1.807, 2.05) is 0 Å². The molecule has 2 aromatic heterocycles. The minimum atomic E-state index is -1.02. The lowest BCUT2D eigenvalue weighted by Gasteiger charge is -2.12. The molecule has 2 aromatic rings. The van der Waals surface area contributed by atoms with Crippen LogP contribution in [0.5, 0.6) is 0 Å². The van der Waals surface area contributed by atoms with E-state index in [1.54, 1.807) is 27.7 Å². The van der Waals surface area contributed by atoms with Crippen molar-refractivity contribution in [3.05, 3.63) is 46.2 Å². The van der Waals surface area contributed by atoms with Crippen molar-refractivity contribution in [2.24, 2.45) is 0 Å². The number of aryl methyl sites for hydroxylation is 2. The van der Waals surface area contributed by atoms with Crippen LogP contribution in [0, 0.1) is 20.8 Å². The Bertz CT molecular complexity index is 814. The molecule has 0 saturated carbocycles. The van der Waals surface area contributed by atoms with Crippen LogP contribution in [-0.2, 0) is 9.47 Å². The topological polar surface area (TPSA) is 98.6 Å². The summed E-state index contributed by atoms with van der Waals surface area (Å²) >= 11 is 0. The van der Waals surface area contributed by atoms with Crippen LogP contribution in [0.2, 0.25) is 0 Å². The largest absolute Gasteiger partial charge is 0.469 e. The van der Waals surface area contributed by atoms with Crippen molar-refractivity contribution in [3.8, 4) is 0 Å². The minimum absolute atomic E-state index is 0.227. The van der Waals surface area contributed by atoms with Crippen molar-refractivity contribution >= 4 is 17.7 Å².